The minimum atomic E-state index is -0.700. The maximum absolute atomic E-state index is 11.4. The van der Waals surface area contributed by atoms with Crippen molar-refractivity contribution in [2.24, 2.45) is 5.16 Å². The molecule has 6 heteroatoms. The molecule has 0 aliphatic heterocycles. The number of hydrogen-bond acceptors (Lipinski definition) is 4. The molecular weight excluding hydrogens is 266 g/mol. The van der Waals surface area contributed by atoms with Gasteiger partial charge < -0.3 is 0 Å². The number of nitrogens with one attached hydrogen (secondary N) is 1. The first-order valence-electron chi connectivity index (χ1n) is 5.42. The molecule has 1 heterocycles. The zero-order valence-corrected chi connectivity index (χ0v) is 10.5. The number of halogens is 1. The predicted molar refractivity (Wildman–Crippen MR) is 73.4 cm³/mol. The molecule has 5 nitrogen and oxygen atoms in total. The molecule has 1 amide bonds. The molecule has 0 saturated carbocycles. The highest BCUT2D eigenvalue weighted by molar-refractivity contribution is 6.30. The van der Waals surface area contributed by atoms with Crippen molar-refractivity contribution in [1.29, 1.82) is 0 Å². The summed E-state index contributed by atoms with van der Waals surface area (Å²) < 4.78 is 0. The highest BCUT2D eigenvalue weighted by Gasteiger charge is 2.02. The number of nitrogens with zero attached hydrogens (tertiary/aromatic N) is 2. The van der Waals surface area contributed by atoms with E-state index in [1.54, 1.807) is 48.7 Å². The first-order valence-corrected chi connectivity index (χ1v) is 5.80. The summed E-state index contributed by atoms with van der Waals surface area (Å²) in [6, 6.07) is 12.0. The molecule has 96 valence electrons. The molecule has 0 atom stereocenters. The van der Waals surface area contributed by atoms with Crippen LogP contribution in [0.2, 0.25) is 5.02 Å². The number of oxime groups is 1. The van der Waals surface area contributed by atoms with E-state index in [1.807, 2.05) is 0 Å². The van der Waals surface area contributed by atoms with E-state index < -0.39 is 6.09 Å². The van der Waals surface area contributed by atoms with E-state index in [-0.39, 0.29) is 0 Å². The third-order valence-electron chi connectivity index (χ3n) is 2.08. The van der Waals surface area contributed by atoms with Gasteiger partial charge in [0.1, 0.15) is 0 Å². The van der Waals surface area contributed by atoms with Gasteiger partial charge in [-0.2, -0.15) is 0 Å². The molecule has 0 fully saturated rings. The maximum Gasteiger partial charge on any atom is 0.437 e. The average Bonchev–Trinajstić information content (AvgIpc) is 2.40. The minimum Gasteiger partial charge on any atom is -0.298 e. The number of carbonyl (C=O) groups excluding carboxylic acids is 1. The smallest absolute Gasteiger partial charge is 0.298 e. The van der Waals surface area contributed by atoms with Crippen molar-refractivity contribution in [1.82, 2.24) is 4.98 Å². The second kappa shape index (κ2) is 6.51. The largest absolute Gasteiger partial charge is 0.437 e. The first kappa shape index (κ1) is 13.0. The molecule has 1 N–H and O–H groups in total. The number of pyridine rings is 1. The SMILES string of the molecule is O=C(Nc1cccc(Cl)c1)O/N=C/c1ccccn1. The van der Waals surface area contributed by atoms with Crippen molar-refractivity contribution >= 4 is 29.6 Å². The summed E-state index contributed by atoms with van der Waals surface area (Å²) >= 11 is 5.78. The summed E-state index contributed by atoms with van der Waals surface area (Å²) in [6.45, 7) is 0. The molecule has 0 saturated heterocycles. The van der Waals surface area contributed by atoms with E-state index in [1.165, 1.54) is 6.21 Å². The summed E-state index contributed by atoms with van der Waals surface area (Å²) in [6.07, 6.45) is 2.26. The van der Waals surface area contributed by atoms with Crippen LogP contribution in [0.25, 0.3) is 0 Å². The Bertz CT molecular complexity index is 587. The molecule has 0 aliphatic carbocycles. The Kier molecular flexibility index (Phi) is 4.47. The number of benzene rings is 1. The van der Waals surface area contributed by atoms with Gasteiger partial charge in [-0.3, -0.25) is 15.1 Å². The minimum absolute atomic E-state index is 0.523. The summed E-state index contributed by atoms with van der Waals surface area (Å²) in [5, 5.41) is 6.54. The van der Waals surface area contributed by atoms with Gasteiger partial charge in [0.25, 0.3) is 0 Å². The van der Waals surface area contributed by atoms with E-state index in [9.17, 15) is 4.79 Å². The number of aromatic nitrogens is 1. The Morgan fingerprint density at radius 3 is 2.95 bits per heavy atom. The van der Waals surface area contributed by atoms with Crippen molar-refractivity contribution in [3.05, 3.63) is 59.4 Å². The van der Waals surface area contributed by atoms with E-state index >= 15 is 0 Å². The van der Waals surface area contributed by atoms with Gasteiger partial charge in [0.05, 0.1) is 11.9 Å². The normalized spacial score (nSPS) is 10.4. The monoisotopic (exact) mass is 275 g/mol. The van der Waals surface area contributed by atoms with Gasteiger partial charge in [0, 0.05) is 16.9 Å². The quantitative estimate of drug-likeness (QED) is 0.531. The Morgan fingerprint density at radius 1 is 1.32 bits per heavy atom. The van der Waals surface area contributed by atoms with Crippen molar-refractivity contribution in [3.63, 3.8) is 0 Å². The number of anilines is 1. The fourth-order valence-corrected chi connectivity index (χ4v) is 1.48. The van der Waals surface area contributed by atoms with Crippen molar-refractivity contribution in [2.45, 2.75) is 0 Å². The third-order valence-corrected chi connectivity index (χ3v) is 2.31. The van der Waals surface area contributed by atoms with Crippen molar-refractivity contribution < 1.29 is 9.63 Å². The van der Waals surface area contributed by atoms with Gasteiger partial charge in [0.15, 0.2) is 0 Å². The van der Waals surface area contributed by atoms with E-state index in [2.05, 4.69) is 20.3 Å². The standard InChI is InChI=1S/C13H10ClN3O2/c14-10-4-3-6-11(8-10)17-13(18)19-16-9-12-5-1-2-7-15-12/h1-9H,(H,17,18)/b16-9+. The van der Waals surface area contributed by atoms with Crippen LogP contribution in [0, 0.1) is 0 Å². The lowest BCUT2D eigenvalue weighted by Gasteiger charge is -2.02. The van der Waals surface area contributed by atoms with Crippen LogP contribution in [0.3, 0.4) is 0 Å². The fraction of sp³-hybridized carbons (Fsp3) is 0. The topological polar surface area (TPSA) is 63.6 Å². The van der Waals surface area contributed by atoms with Crippen LogP contribution in [-0.4, -0.2) is 17.3 Å². The second-order valence-electron chi connectivity index (χ2n) is 3.50. The number of hydrogen-bond donors (Lipinski definition) is 1. The fourth-order valence-electron chi connectivity index (χ4n) is 1.29. The number of carbonyl (C=O) groups is 1. The van der Waals surface area contributed by atoms with E-state index in [0.717, 1.165) is 0 Å². The van der Waals surface area contributed by atoms with Crippen LogP contribution in [0.15, 0.2) is 53.8 Å². The molecule has 0 aliphatic rings. The number of amides is 1. The predicted octanol–water partition coefficient (Wildman–Crippen LogP) is 3.32. The first-order chi connectivity index (χ1) is 9.24. The summed E-state index contributed by atoms with van der Waals surface area (Å²) in [4.78, 5) is 20.0. The molecule has 0 radical (unpaired) electrons. The lowest BCUT2D eigenvalue weighted by Crippen LogP contribution is -2.10. The molecule has 2 rings (SSSR count). The van der Waals surface area contributed by atoms with Crippen molar-refractivity contribution in [2.75, 3.05) is 5.32 Å². The molecular formula is C13H10ClN3O2. The Balaban J connectivity index is 1.87. The summed E-state index contributed by atoms with van der Waals surface area (Å²) in [5.74, 6) is 0. The molecule has 0 spiro atoms. The second-order valence-corrected chi connectivity index (χ2v) is 3.94. The van der Waals surface area contributed by atoms with Gasteiger partial charge >= 0.3 is 6.09 Å². The van der Waals surface area contributed by atoms with Crippen LogP contribution < -0.4 is 5.32 Å². The maximum atomic E-state index is 11.4. The van der Waals surface area contributed by atoms with Gasteiger partial charge in [-0.25, -0.2) is 4.79 Å². The van der Waals surface area contributed by atoms with Gasteiger partial charge in [-0.05, 0) is 30.3 Å². The molecule has 2 aromatic rings. The highest BCUT2D eigenvalue weighted by atomic mass is 35.5. The Morgan fingerprint density at radius 2 is 2.21 bits per heavy atom. The van der Waals surface area contributed by atoms with Gasteiger partial charge in [-0.1, -0.05) is 28.9 Å². The van der Waals surface area contributed by atoms with E-state index in [4.69, 9.17) is 11.6 Å². The molecule has 0 bridgehead atoms. The number of rotatable bonds is 3. The zero-order valence-electron chi connectivity index (χ0n) is 9.79. The van der Waals surface area contributed by atoms with Crippen LogP contribution in [0.4, 0.5) is 10.5 Å². The average molecular weight is 276 g/mol. The van der Waals surface area contributed by atoms with Crippen LogP contribution in [-0.2, 0) is 4.84 Å². The Labute approximate surface area is 114 Å². The van der Waals surface area contributed by atoms with E-state index in [0.29, 0.717) is 16.4 Å². The van der Waals surface area contributed by atoms with Crippen LogP contribution in [0.1, 0.15) is 5.69 Å². The molecule has 19 heavy (non-hydrogen) atoms. The Hall–Kier alpha value is -2.40. The molecule has 1 aromatic carbocycles. The van der Waals surface area contributed by atoms with Crippen molar-refractivity contribution in [3.8, 4) is 0 Å². The molecule has 1 aromatic heterocycles. The van der Waals surface area contributed by atoms with Gasteiger partial charge in [-0.15, -0.1) is 0 Å². The van der Waals surface area contributed by atoms with Crippen LogP contribution >= 0.6 is 11.6 Å². The van der Waals surface area contributed by atoms with Crippen LogP contribution in [0.5, 0.6) is 0 Å². The van der Waals surface area contributed by atoms with Gasteiger partial charge in [0.2, 0.25) is 0 Å². The summed E-state index contributed by atoms with van der Waals surface area (Å²) in [5.41, 5.74) is 1.13. The lowest BCUT2D eigenvalue weighted by molar-refractivity contribution is 0.167. The highest BCUT2D eigenvalue weighted by Crippen LogP contribution is 2.14. The summed E-state index contributed by atoms with van der Waals surface area (Å²) in [7, 11) is 0. The third kappa shape index (κ3) is 4.40. The molecule has 0 unspecified atom stereocenters. The zero-order chi connectivity index (χ0) is 13.5. The lowest BCUT2D eigenvalue weighted by atomic mass is 10.3.